The van der Waals surface area contributed by atoms with Gasteiger partial charge in [0.25, 0.3) is 5.91 Å². The van der Waals surface area contributed by atoms with Crippen LogP contribution < -0.4 is 5.32 Å². The second-order valence-corrected chi connectivity index (χ2v) is 7.71. The van der Waals surface area contributed by atoms with Gasteiger partial charge in [0.05, 0.1) is 17.8 Å². The summed E-state index contributed by atoms with van der Waals surface area (Å²) in [6.07, 6.45) is 4.94. The molecule has 27 heavy (non-hydrogen) atoms. The Bertz CT molecular complexity index is 780. The second kappa shape index (κ2) is 9.38. The van der Waals surface area contributed by atoms with E-state index in [9.17, 15) is 4.79 Å². The lowest BCUT2D eigenvalue weighted by atomic mass is 10.1. The quantitative estimate of drug-likeness (QED) is 0.734. The van der Waals surface area contributed by atoms with Crippen LogP contribution in [0.4, 0.5) is 0 Å². The lowest BCUT2D eigenvalue weighted by molar-refractivity contribution is 0.0949. The van der Waals surface area contributed by atoms with Crippen molar-refractivity contribution < 1.29 is 4.79 Å². The molecule has 1 fully saturated rings. The molecule has 2 heterocycles. The number of aryl methyl sites for hydroxylation is 1. The minimum Gasteiger partial charge on any atom is -0.352 e. The van der Waals surface area contributed by atoms with Crippen molar-refractivity contribution in [2.24, 2.45) is 0 Å². The number of carbonyl (C=O) groups is 1. The fraction of sp³-hybridized carbons (Fsp3) is 0.524. The number of nitrogens with one attached hydrogen (secondary N) is 1. The van der Waals surface area contributed by atoms with Crippen molar-refractivity contribution in [3.8, 4) is 0 Å². The van der Waals surface area contributed by atoms with Crippen molar-refractivity contribution in [1.29, 1.82) is 0 Å². The van der Waals surface area contributed by atoms with E-state index in [-0.39, 0.29) is 5.91 Å². The summed E-state index contributed by atoms with van der Waals surface area (Å²) in [5.74, 6) is -0.0333. The molecule has 0 spiro atoms. The van der Waals surface area contributed by atoms with Gasteiger partial charge in [-0.2, -0.15) is 5.10 Å². The molecule has 0 saturated carbocycles. The Morgan fingerprint density at radius 3 is 2.67 bits per heavy atom. The van der Waals surface area contributed by atoms with Crippen LogP contribution in [0.2, 0.25) is 5.02 Å². The van der Waals surface area contributed by atoms with Gasteiger partial charge in [0.15, 0.2) is 0 Å². The van der Waals surface area contributed by atoms with Crippen molar-refractivity contribution in [2.45, 2.75) is 46.1 Å². The molecule has 1 saturated heterocycles. The molecule has 6 heteroatoms. The lowest BCUT2D eigenvalue weighted by Gasteiger charge is -2.26. The highest BCUT2D eigenvalue weighted by Crippen LogP contribution is 2.19. The van der Waals surface area contributed by atoms with Crippen LogP contribution in [-0.2, 0) is 6.54 Å². The van der Waals surface area contributed by atoms with Crippen LogP contribution in [0, 0.1) is 13.8 Å². The summed E-state index contributed by atoms with van der Waals surface area (Å²) in [5.41, 5.74) is 3.31. The van der Waals surface area contributed by atoms with Gasteiger partial charge in [-0.1, -0.05) is 36.2 Å². The molecule has 0 unspecified atom stereocenters. The Hall–Kier alpha value is -1.85. The molecular formula is C21H29ClN4O. The summed E-state index contributed by atoms with van der Waals surface area (Å²) in [4.78, 5) is 15.2. The van der Waals surface area contributed by atoms with Crippen molar-refractivity contribution >= 4 is 17.5 Å². The van der Waals surface area contributed by atoms with Crippen LogP contribution in [-0.4, -0.2) is 46.8 Å². The summed E-state index contributed by atoms with van der Waals surface area (Å²) in [6.45, 7) is 8.54. The average Bonchev–Trinajstić information content (AvgIpc) is 2.95. The number of likely N-dealkylation sites (tertiary alicyclic amines) is 1. The third kappa shape index (κ3) is 5.11. The maximum absolute atomic E-state index is 12.7. The Kier molecular flexibility index (Phi) is 6.91. The zero-order valence-corrected chi connectivity index (χ0v) is 17.1. The SMILES string of the molecule is Cc1nn(Cc2ccccc2Cl)c(C)c1C(=O)NCCCN1CCCCC1. The van der Waals surface area contributed by atoms with Gasteiger partial charge in [-0.25, -0.2) is 0 Å². The maximum atomic E-state index is 12.7. The van der Waals surface area contributed by atoms with E-state index in [2.05, 4.69) is 15.3 Å². The van der Waals surface area contributed by atoms with Gasteiger partial charge in [-0.3, -0.25) is 9.48 Å². The average molecular weight is 389 g/mol. The highest BCUT2D eigenvalue weighted by Gasteiger charge is 2.19. The fourth-order valence-corrected chi connectivity index (χ4v) is 3.94. The van der Waals surface area contributed by atoms with Crippen molar-refractivity contribution in [3.63, 3.8) is 0 Å². The van der Waals surface area contributed by atoms with E-state index < -0.39 is 0 Å². The maximum Gasteiger partial charge on any atom is 0.255 e. The van der Waals surface area contributed by atoms with Crippen molar-refractivity contribution in [1.82, 2.24) is 20.0 Å². The van der Waals surface area contributed by atoms with Gasteiger partial charge in [-0.15, -0.1) is 0 Å². The van der Waals surface area contributed by atoms with Gasteiger partial charge in [-0.05, 0) is 64.4 Å². The van der Waals surface area contributed by atoms with E-state index in [1.165, 1.54) is 32.4 Å². The van der Waals surface area contributed by atoms with E-state index in [1.54, 1.807) is 0 Å². The number of rotatable bonds is 7. The second-order valence-electron chi connectivity index (χ2n) is 7.31. The smallest absolute Gasteiger partial charge is 0.255 e. The van der Waals surface area contributed by atoms with E-state index in [0.717, 1.165) is 29.9 Å². The summed E-state index contributed by atoms with van der Waals surface area (Å²) >= 11 is 6.26. The van der Waals surface area contributed by atoms with Crippen LogP contribution in [0.3, 0.4) is 0 Å². The zero-order valence-electron chi connectivity index (χ0n) is 16.3. The van der Waals surface area contributed by atoms with Gasteiger partial charge in [0.2, 0.25) is 0 Å². The Balaban J connectivity index is 1.56. The first-order valence-electron chi connectivity index (χ1n) is 9.84. The zero-order chi connectivity index (χ0) is 19.2. The number of aromatic nitrogens is 2. The molecule has 0 atom stereocenters. The minimum atomic E-state index is -0.0333. The number of carbonyl (C=O) groups excluding carboxylic acids is 1. The molecule has 0 radical (unpaired) electrons. The molecule has 1 N–H and O–H groups in total. The van der Waals surface area contributed by atoms with Crippen LogP contribution in [0.15, 0.2) is 24.3 Å². The van der Waals surface area contributed by atoms with Gasteiger partial charge < -0.3 is 10.2 Å². The summed E-state index contributed by atoms with van der Waals surface area (Å²) in [5, 5.41) is 8.34. The lowest BCUT2D eigenvalue weighted by Crippen LogP contribution is -2.33. The number of hydrogen-bond acceptors (Lipinski definition) is 3. The van der Waals surface area contributed by atoms with E-state index >= 15 is 0 Å². The fourth-order valence-electron chi connectivity index (χ4n) is 3.74. The van der Waals surface area contributed by atoms with Gasteiger partial charge in [0, 0.05) is 17.3 Å². The third-order valence-corrected chi connectivity index (χ3v) is 5.64. The van der Waals surface area contributed by atoms with Crippen molar-refractivity contribution in [2.75, 3.05) is 26.2 Å². The molecule has 1 aromatic carbocycles. The monoisotopic (exact) mass is 388 g/mol. The Morgan fingerprint density at radius 1 is 1.19 bits per heavy atom. The minimum absolute atomic E-state index is 0.0333. The predicted octanol–water partition coefficient (Wildman–Crippen LogP) is 3.81. The number of hydrogen-bond donors (Lipinski definition) is 1. The molecule has 0 aliphatic carbocycles. The normalized spacial score (nSPS) is 15.1. The molecule has 1 aromatic heterocycles. The first-order valence-corrected chi connectivity index (χ1v) is 10.2. The molecule has 146 valence electrons. The third-order valence-electron chi connectivity index (χ3n) is 5.27. The number of benzene rings is 1. The number of halogens is 1. The molecule has 2 aromatic rings. The van der Waals surface area contributed by atoms with Crippen LogP contribution in [0.5, 0.6) is 0 Å². The molecule has 5 nitrogen and oxygen atoms in total. The van der Waals surface area contributed by atoms with E-state index in [0.29, 0.717) is 23.7 Å². The van der Waals surface area contributed by atoms with Crippen LogP contribution in [0.1, 0.15) is 53.0 Å². The summed E-state index contributed by atoms with van der Waals surface area (Å²) < 4.78 is 1.86. The predicted molar refractivity (Wildman–Crippen MR) is 109 cm³/mol. The molecule has 3 rings (SSSR count). The number of amides is 1. The first-order chi connectivity index (χ1) is 13.1. The highest BCUT2D eigenvalue weighted by molar-refractivity contribution is 6.31. The first kappa shape index (κ1) is 19.9. The van der Waals surface area contributed by atoms with Gasteiger partial charge >= 0.3 is 0 Å². The Labute approximate surface area is 166 Å². The van der Waals surface area contributed by atoms with Crippen LogP contribution in [0.25, 0.3) is 0 Å². The number of piperidine rings is 1. The molecule has 0 bridgehead atoms. The number of nitrogens with zero attached hydrogens (tertiary/aromatic N) is 3. The standard InChI is InChI=1S/C21H29ClN4O/c1-16-20(21(27)23-11-8-14-25-12-6-3-7-13-25)17(2)26(24-16)15-18-9-4-5-10-19(18)22/h4-5,9-10H,3,6-8,11-15H2,1-2H3,(H,23,27). The topological polar surface area (TPSA) is 50.2 Å². The van der Waals surface area contributed by atoms with Crippen LogP contribution >= 0.6 is 11.6 Å². The Morgan fingerprint density at radius 2 is 1.93 bits per heavy atom. The highest BCUT2D eigenvalue weighted by atomic mass is 35.5. The molecule has 1 amide bonds. The molecular weight excluding hydrogens is 360 g/mol. The van der Waals surface area contributed by atoms with Crippen molar-refractivity contribution in [3.05, 3.63) is 51.8 Å². The van der Waals surface area contributed by atoms with E-state index in [4.69, 9.17) is 11.6 Å². The van der Waals surface area contributed by atoms with E-state index in [1.807, 2.05) is 42.8 Å². The summed E-state index contributed by atoms with van der Waals surface area (Å²) in [6, 6.07) is 7.73. The largest absolute Gasteiger partial charge is 0.352 e. The molecule has 1 aliphatic rings. The summed E-state index contributed by atoms with van der Waals surface area (Å²) in [7, 11) is 0. The van der Waals surface area contributed by atoms with Gasteiger partial charge in [0.1, 0.15) is 0 Å². The molecule has 1 aliphatic heterocycles.